The van der Waals surface area contributed by atoms with Crippen molar-refractivity contribution >= 4 is 12.1 Å². The van der Waals surface area contributed by atoms with Crippen LogP contribution < -0.4 is 9.47 Å². The van der Waals surface area contributed by atoms with Crippen LogP contribution in [0.2, 0.25) is 0 Å². The number of cyclic esters (lactones) is 1. The van der Waals surface area contributed by atoms with E-state index < -0.39 is 23.2 Å². The van der Waals surface area contributed by atoms with Gasteiger partial charge < -0.3 is 23.8 Å². The molecule has 0 aromatic heterocycles. The normalized spacial score (nSPS) is 16.5. The third kappa shape index (κ3) is 5.58. The van der Waals surface area contributed by atoms with Crippen LogP contribution >= 0.6 is 0 Å². The topological polar surface area (TPSA) is 74.3 Å². The number of amides is 1. The van der Waals surface area contributed by atoms with Crippen molar-refractivity contribution in [3.05, 3.63) is 53.1 Å². The lowest BCUT2D eigenvalue weighted by atomic mass is 10.0. The van der Waals surface area contributed by atoms with Crippen LogP contribution in [0, 0.1) is 11.6 Å². The molecule has 0 unspecified atom stereocenters. The van der Waals surface area contributed by atoms with Crippen LogP contribution in [0.1, 0.15) is 44.7 Å². The Morgan fingerprint density at radius 1 is 1.03 bits per heavy atom. The molecule has 0 bridgehead atoms. The van der Waals surface area contributed by atoms with Crippen LogP contribution in [-0.2, 0) is 27.3 Å². The first-order valence-corrected chi connectivity index (χ1v) is 11.2. The van der Waals surface area contributed by atoms with E-state index in [1.807, 2.05) is 20.8 Å². The summed E-state index contributed by atoms with van der Waals surface area (Å²) in [4.78, 5) is 25.5. The monoisotopic (exact) mass is 475 g/mol. The van der Waals surface area contributed by atoms with Gasteiger partial charge in [-0.1, -0.05) is 0 Å². The lowest BCUT2D eigenvalue weighted by Crippen LogP contribution is -2.44. The molecule has 0 aliphatic carbocycles. The van der Waals surface area contributed by atoms with Crippen molar-refractivity contribution in [1.29, 1.82) is 0 Å². The highest BCUT2D eigenvalue weighted by molar-refractivity contribution is 5.75. The van der Waals surface area contributed by atoms with Gasteiger partial charge in [0.25, 0.3) is 0 Å². The van der Waals surface area contributed by atoms with Gasteiger partial charge in [0.1, 0.15) is 35.7 Å². The predicted octanol–water partition coefficient (Wildman–Crippen LogP) is 5.13. The number of fused-ring (bicyclic) bond motifs is 1. The molecule has 2 aromatic rings. The van der Waals surface area contributed by atoms with E-state index in [1.165, 1.54) is 30.3 Å². The van der Waals surface area contributed by atoms with Crippen molar-refractivity contribution in [2.24, 2.45) is 0 Å². The number of halogens is 2. The summed E-state index contributed by atoms with van der Waals surface area (Å²) in [5.41, 5.74) is 0.0467. The number of esters is 1. The predicted molar refractivity (Wildman–Crippen MR) is 118 cm³/mol. The number of nitrogens with zero attached hydrogens (tertiary/aromatic N) is 1. The van der Waals surface area contributed by atoms with E-state index in [0.717, 1.165) is 0 Å². The van der Waals surface area contributed by atoms with E-state index in [4.69, 9.17) is 18.9 Å². The van der Waals surface area contributed by atoms with Crippen molar-refractivity contribution in [2.75, 3.05) is 13.1 Å². The minimum atomic E-state index is -0.567. The highest BCUT2D eigenvalue weighted by atomic mass is 19.1. The highest BCUT2D eigenvalue weighted by Gasteiger charge is 2.29. The van der Waals surface area contributed by atoms with Crippen LogP contribution in [0.4, 0.5) is 13.6 Å². The van der Waals surface area contributed by atoms with Crippen molar-refractivity contribution in [2.45, 2.75) is 58.3 Å². The van der Waals surface area contributed by atoms with E-state index in [0.29, 0.717) is 37.2 Å². The van der Waals surface area contributed by atoms with Gasteiger partial charge in [-0.2, -0.15) is 0 Å². The second-order valence-electron chi connectivity index (χ2n) is 9.32. The van der Waals surface area contributed by atoms with Crippen LogP contribution in [-0.4, -0.2) is 41.8 Å². The number of ether oxygens (including phenoxy) is 4. The van der Waals surface area contributed by atoms with E-state index in [9.17, 15) is 18.4 Å². The molecule has 9 heteroatoms. The summed E-state index contributed by atoms with van der Waals surface area (Å²) >= 11 is 0. The third-order valence-electron chi connectivity index (χ3n) is 5.54. The van der Waals surface area contributed by atoms with Crippen molar-refractivity contribution < 1.29 is 37.3 Å². The number of hydrogen-bond donors (Lipinski definition) is 0. The van der Waals surface area contributed by atoms with Gasteiger partial charge in [0.15, 0.2) is 11.5 Å². The van der Waals surface area contributed by atoms with Crippen molar-refractivity contribution in [3.8, 4) is 17.2 Å². The largest absolute Gasteiger partial charge is 0.486 e. The average Bonchev–Trinajstić information content (AvgIpc) is 2.77. The van der Waals surface area contributed by atoms with Gasteiger partial charge >= 0.3 is 12.1 Å². The van der Waals surface area contributed by atoms with Gasteiger partial charge in [0.2, 0.25) is 0 Å². The number of carbonyl (C=O) groups is 2. The molecule has 182 valence electrons. The Labute approximate surface area is 196 Å². The summed E-state index contributed by atoms with van der Waals surface area (Å²) in [5.74, 6) is -0.852. The molecule has 0 radical (unpaired) electrons. The molecule has 34 heavy (non-hydrogen) atoms. The lowest BCUT2D eigenvalue weighted by molar-refractivity contribution is -0.145. The molecule has 4 rings (SSSR count). The number of rotatable bonds is 4. The molecule has 7 nitrogen and oxygen atoms in total. The zero-order chi connectivity index (χ0) is 24.5. The number of carbonyl (C=O) groups excluding carboxylic acids is 2. The standard InChI is InChI=1S/C25H27F2NO6/c1-25(2,3)34-24(30)28-10-8-16(9-11-28)32-21-6-4-15(26)12-22(21)33-20-7-5-19(27)17-13-23(29)31-14-18(17)20/h4-7,12,16H,8-11,13-14H2,1-3H3. The molecule has 2 heterocycles. The Morgan fingerprint density at radius 3 is 2.44 bits per heavy atom. The first-order valence-electron chi connectivity index (χ1n) is 11.2. The third-order valence-corrected chi connectivity index (χ3v) is 5.54. The molecule has 1 saturated heterocycles. The number of piperidine rings is 1. The van der Waals surface area contributed by atoms with E-state index in [2.05, 4.69) is 0 Å². The van der Waals surface area contributed by atoms with Gasteiger partial charge in [-0.05, 0) is 45.0 Å². The van der Waals surface area contributed by atoms with Gasteiger partial charge in [-0.3, -0.25) is 4.79 Å². The fraction of sp³-hybridized carbons (Fsp3) is 0.440. The highest BCUT2D eigenvalue weighted by Crippen LogP contribution is 2.38. The summed E-state index contributed by atoms with van der Waals surface area (Å²) in [7, 11) is 0. The molecule has 0 saturated carbocycles. The Balaban J connectivity index is 1.47. The summed E-state index contributed by atoms with van der Waals surface area (Å²) in [5, 5.41) is 0. The van der Waals surface area contributed by atoms with Crippen LogP contribution in [0.3, 0.4) is 0 Å². The molecule has 0 atom stereocenters. The summed E-state index contributed by atoms with van der Waals surface area (Å²) in [6, 6.07) is 6.55. The molecule has 0 N–H and O–H groups in total. The Hall–Kier alpha value is -3.36. The second kappa shape index (κ2) is 9.48. The summed E-state index contributed by atoms with van der Waals surface area (Å²) in [6.07, 6.45) is 0.366. The fourth-order valence-corrected chi connectivity index (χ4v) is 3.88. The smallest absolute Gasteiger partial charge is 0.410 e. The minimum Gasteiger partial charge on any atom is -0.486 e. The molecule has 1 fully saturated rings. The van der Waals surface area contributed by atoms with E-state index in [1.54, 1.807) is 4.90 Å². The zero-order valence-electron chi connectivity index (χ0n) is 19.4. The molecule has 0 spiro atoms. The first kappa shape index (κ1) is 23.8. The van der Waals surface area contributed by atoms with E-state index in [-0.39, 0.29) is 42.3 Å². The maximum Gasteiger partial charge on any atom is 0.410 e. The quantitative estimate of drug-likeness (QED) is 0.571. The van der Waals surface area contributed by atoms with Gasteiger partial charge in [0.05, 0.1) is 6.42 Å². The summed E-state index contributed by atoms with van der Waals surface area (Å²) < 4.78 is 50.7. The number of hydrogen-bond acceptors (Lipinski definition) is 6. The summed E-state index contributed by atoms with van der Waals surface area (Å²) in [6.45, 7) is 6.26. The fourth-order valence-electron chi connectivity index (χ4n) is 3.88. The molecule has 2 aliphatic rings. The molecule has 2 aromatic carbocycles. The number of likely N-dealkylation sites (tertiary alicyclic amines) is 1. The molecular formula is C25H27F2NO6. The Kier molecular flexibility index (Phi) is 6.63. The average molecular weight is 475 g/mol. The van der Waals surface area contributed by atoms with Gasteiger partial charge in [0, 0.05) is 43.1 Å². The first-order chi connectivity index (χ1) is 16.1. The molecule has 1 amide bonds. The van der Waals surface area contributed by atoms with Gasteiger partial charge in [-0.25, -0.2) is 13.6 Å². The van der Waals surface area contributed by atoms with Crippen LogP contribution in [0.15, 0.2) is 30.3 Å². The van der Waals surface area contributed by atoms with Crippen molar-refractivity contribution in [3.63, 3.8) is 0 Å². The maximum atomic E-state index is 14.2. The van der Waals surface area contributed by atoms with Crippen LogP contribution in [0.25, 0.3) is 0 Å². The Morgan fingerprint density at radius 2 is 1.74 bits per heavy atom. The van der Waals surface area contributed by atoms with Crippen molar-refractivity contribution in [1.82, 2.24) is 4.90 Å². The Bertz CT molecular complexity index is 1090. The van der Waals surface area contributed by atoms with Gasteiger partial charge in [-0.15, -0.1) is 0 Å². The molecular weight excluding hydrogens is 448 g/mol. The van der Waals surface area contributed by atoms with Crippen LogP contribution in [0.5, 0.6) is 17.2 Å². The zero-order valence-corrected chi connectivity index (χ0v) is 19.4. The number of benzene rings is 2. The lowest BCUT2D eigenvalue weighted by Gasteiger charge is -2.33. The molecule has 2 aliphatic heterocycles. The SMILES string of the molecule is CC(C)(C)OC(=O)N1CCC(Oc2ccc(F)cc2Oc2ccc(F)c3c2COC(=O)C3)CC1. The second-order valence-corrected chi connectivity index (χ2v) is 9.32. The maximum absolute atomic E-state index is 14.2. The minimum absolute atomic E-state index is 0.125. The van der Waals surface area contributed by atoms with E-state index >= 15 is 0 Å².